The highest BCUT2D eigenvalue weighted by molar-refractivity contribution is 7.84. The van der Waals surface area contributed by atoms with E-state index >= 15 is 0 Å². The largest absolute Gasteiger partial charge is 0.478 e. The van der Waals surface area contributed by atoms with Gasteiger partial charge in [0.15, 0.2) is 0 Å². The van der Waals surface area contributed by atoms with Crippen molar-refractivity contribution in [3.63, 3.8) is 0 Å². The Morgan fingerprint density at radius 3 is 2.78 bits per heavy atom. The summed E-state index contributed by atoms with van der Waals surface area (Å²) in [7, 11) is -0.957. The first kappa shape index (κ1) is 14.3. The first-order chi connectivity index (χ1) is 8.56. The lowest BCUT2D eigenvalue weighted by molar-refractivity contribution is 0.0690. The Morgan fingerprint density at radius 1 is 1.44 bits per heavy atom. The minimum absolute atomic E-state index is 0.0554. The number of hydrogen-bond donors (Lipinski definition) is 2. The van der Waals surface area contributed by atoms with Gasteiger partial charge < -0.3 is 10.4 Å². The van der Waals surface area contributed by atoms with Crippen molar-refractivity contribution in [3.05, 3.63) is 29.6 Å². The smallest absolute Gasteiger partial charge is 0.338 e. The Labute approximate surface area is 107 Å². The van der Waals surface area contributed by atoms with Gasteiger partial charge in [0.25, 0.3) is 5.91 Å². The molecule has 7 heteroatoms. The van der Waals surface area contributed by atoms with Crippen molar-refractivity contribution in [1.82, 2.24) is 10.3 Å². The van der Waals surface area contributed by atoms with Gasteiger partial charge in [-0.3, -0.25) is 14.0 Å². The molecule has 18 heavy (non-hydrogen) atoms. The second kappa shape index (κ2) is 6.85. The van der Waals surface area contributed by atoms with Crippen LogP contribution in [0.2, 0.25) is 0 Å². The molecule has 0 aliphatic heterocycles. The lowest BCUT2D eigenvalue weighted by atomic mass is 10.1. The van der Waals surface area contributed by atoms with E-state index in [-0.39, 0.29) is 17.7 Å². The molecule has 1 aromatic rings. The summed E-state index contributed by atoms with van der Waals surface area (Å²) in [6, 6.07) is 1.34. The number of nitrogens with one attached hydrogen (secondary N) is 1. The zero-order chi connectivity index (χ0) is 13.5. The minimum Gasteiger partial charge on any atom is -0.478 e. The number of hydrogen-bond acceptors (Lipinski definition) is 4. The second-order valence-electron chi connectivity index (χ2n) is 3.41. The van der Waals surface area contributed by atoms with Gasteiger partial charge in [0.2, 0.25) is 0 Å². The third-order valence-corrected chi connectivity index (χ3v) is 3.54. The zero-order valence-electron chi connectivity index (χ0n) is 9.88. The van der Waals surface area contributed by atoms with Gasteiger partial charge in [-0.25, -0.2) is 4.79 Å². The molecule has 0 saturated carbocycles. The molecule has 0 radical (unpaired) electrons. The van der Waals surface area contributed by atoms with Crippen molar-refractivity contribution in [2.24, 2.45) is 0 Å². The van der Waals surface area contributed by atoms with Crippen LogP contribution in [0.25, 0.3) is 0 Å². The van der Waals surface area contributed by atoms with E-state index in [2.05, 4.69) is 10.3 Å². The molecule has 1 unspecified atom stereocenters. The van der Waals surface area contributed by atoms with Crippen LogP contribution in [-0.2, 0) is 10.8 Å². The molecule has 0 saturated heterocycles. The Bertz CT molecular complexity index is 476. The van der Waals surface area contributed by atoms with Crippen molar-refractivity contribution in [2.45, 2.75) is 6.92 Å². The van der Waals surface area contributed by atoms with Crippen molar-refractivity contribution in [3.8, 4) is 0 Å². The maximum Gasteiger partial charge on any atom is 0.338 e. The number of aromatic nitrogens is 1. The molecule has 1 aromatic heterocycles. The second-order valence-corrected chi connectivity index (χ2v) is 5.28. The van der Waals surface area contributed by atoms with E-state index in [1.807, 2.05) is 0 Å². The van der Waals surface area contributed by atoms with E-state index in [0.717, 1.165) is 6.20 Å². The van der Waals surface area contributed by atoms with Crippen LogP contribution in [0.4, 0.5) is 0 Å². The molecule has 0 aliphatic carbocycles. The van der Waals surface area contributed by atoms with Gasteiger partial charge in [0.05, 0.1) is 11.1 Å². The number of carbonyl (C=O) groups is 2. The highest BCUT2D eigenvalue weighted by Crippen LogP contribution is 2.06. The average molecular weight is 270 g/mol. The number of pyridine rings is 1. The molecule has 1 heterocycles. The first-order valence-corrected chi connectivity index (χ1v) is 6.85. The Kier molecular flexibility index (Phi) is 5.44. The van der Waals surface area contributed by atoms with E-state index in [9.17, 15) is 13.8 Å². The van der Waals surface area contributed by atoms with Crippen LogP contribution in [-0.4, -0.2) is 44.2 Å². The standard InChI is InChI=1S/C11H14N2O4S/c1-2-18(17)6-5-13-10(14)8-3-4-12-7-9(8)11(15)16/h3-4,7H,2,5-6H2,1H3,(H,13,14)(H,15,16). The topological polar surface area (TPSA) is 96.4 Å². The molecular formula is C11H14N2O4S. The van der Waals surface area contributed by atoms with Gasteiger partial charge >= 0.3 is 5.97 Å². The number of carbonyl (C=O) groups excluding carboxylic acids is 1. The van der Waals surface area contributed by atoms with E-state index in [1.54, 1.807) is 6.92 Å². The average Bonchev–Trinajstić information content (AvgIpc) is 2.38. The van der Waals surface area contributed by atoms with Crippen molar-refractivity contribution >= 4 is 22.7 Å². The highest BCUT2D eigenvalue weighted by atomic mass is 32.2. The van der Waals surface area contributed by atoms with Crippen molar-refractivity contribution in [2.75, 3.05) is 18.1 Å². The third kappa shape index (κ3) is 3.92. The van der Waals surface area contributed by atoms with Gasteiger partial charge in [-0.1, -0.05) is 6.92 Å². The predicted molar refractivity (Wildman–Crippen MR) is 67.1 cm³/mol. The fraction of sp³-hybridized carbons (Fsp3) is 0.364. The lowest BCUT2D eigenvalue weighted by Crippen LogP contribution is -2.29. The molecule has 0 bridgehead atoms. The summed E-state index contributed by atoms with van der Waals surface area (Å²) < 4.78 is 11.2. The van der Waals surface area contributed by atoms with Crippen molar-refractivity contribution in [1.29, 1.82) is 0 Å². The van der Waals surface area contributed by atoms with E-state index in [0.29, 0.717) is 11.5 Å². The fourth-order valence-corrected chi connectivity index (χ4v) is 1.90. The molecular weight excluding hydrogens is 256 g/mol. The van der Waals surface area contributed by atoms with Crippen LogP contribution in [0.1, 0.15) is 27.6 Å². The summed E-state index contributed by atoms with van der Waals surface area (Å²) in [5.41, 5.74) is -0.0913. The van der Waals surface area contributed by atoms with E-state index < -0.39 is 22.7 Å². The maximum absolute atomic E-state index is 11.7. The molecule has 0 fully saturated rings. The number of carboxylic acid groups (broad SMARTS) is 1. The lowest BCUT2D eigenvalue weighted by Gasteiger charge is -2.06. The summed E-state index contributed by atoms with van der Waals surface area (Å²) in [4.78, 5) is 26.3. The van der Waals surface area contributed by atoms with E-state index in [1.165, 1.54) is 12.3 Å². The number of aromatic carboxylic acids is 1. The summed E-state index contributed by atoms with van der Waals surface area (Å²) >= 11 is 0. The summed E-state index contributed by atoms with van der Waals surface area (Å²) in [6.45, 7) is 2.05. The highest BCUT2D eigenvalue weighted by Gasteiger charge is 2.15. The molecule has 0 aliphatic rings. The van der Waals surface area contributed by atoms with Crippen LogP contribution in [0.5, 0.6) is 0 Å². The van der Waals surface area contributed by atoms with Crippen LogP contribution >= 0.6 is 0 Å². The van der Waals surface area contributed by atoms with E-state index in [4.69, 9.17) is 5.11 Å². The Morgan fingerprint density at radius 2 is 2.17 bits per heavy atom. The summed E-state index contributed by atoms with van der Waals surface area (Å²) in [6.07, 6.45) is 2.48. The number of rotatable bonds is 6. The molecule has 1 atom stereocenters. The normalized spacial score (nSPS) is 11.8. The van der Waals surface area contributed by atoms with Gasteiger partial charge in [-0.15, -0.1) is 0 Å². The third-order valence-electron chi connectivity index (χ3n) is 2.23. The predicted octanol–water partition coefficient (Wildman–Crippen LogP) is 0.278. The fourth-order valence-electron chi connectivity index (χ4n) is 1.28. The Hall–Kier alpha value is -1.76. The molecule has 1 amide bonds. The summed E-state index contributed by atoms with van der Waals surface area (Å²) in [5.74, 6) is -0.811. The SMILES string of the molecule is CCS(=O)CCNC(=O)c1ccncc1C(=O)O. The molecule has 0 aromatic carbocycles. The maximum atomic E-state index is 11.7. The summed E-state index contributed by atoms with van der Waals surface area (Å²) in [5, 5.41) is 11.4. The van der Waals surface area contributed by atoms with Crippen LogP contribution in [0, 0.1) is 0 Å². The quantitative estimate of drug-likeness (QED) is 0.774. The zero-order valence-corrected chi connectivity index (χ0v) is 10.7. The molecule has 1 rings (SSSR count). The minimum atomic E-state index is -1.20. The number of nitrogens with zero attached hydrogens (tertiary/aromatic N) is 1. The van der Waals surface area contributed by atoms with Gasteiger partial charge in [0, 0.05) is 41.2 Å². The van der Waals surface area contributed by atoms with Gasteiger partial charge in [-0.05, 0) is 6.07 Å². The van der Waals surface area contributed by atoms with Crippen molar-refractivity contribution < 1.29 is 18.9 Å². The van der Waals surface area contributed by atoms with Crippen LogP contribution in [0.15, 0.2) is 18.5 Å². The van der Waals surface area contributed by atoms with Crippen LogP contribution in [0.3, 0.4) is 0 Å². The van der Waals surface area contributed by atoms with Crippen LogP contribution < -0.4 is 5.32 Å². The monoisotopic (exact) mass is 270 g/mol. The molecule has 0 spiro atoms. The molecule has 2 N–H and O–H groups in total. The van der Waals surface area contributed by atoms with Gasteiger partial charge in [-0.2, -0.15) is 0 Å². The number of amides is 1. The van der Waals surface area contributed by atoms with Gasteiger partial charge in [0.1, 0.15) is 0 Å². The number of carboxylic acids is 1. The molecule has 6 nitrogen and oxygen atoms in total. The molecule has 98 valence electrons. The first-order valence-electron chi connectivity index (χ1n) is 5.36. The Balaban J connectivity index is 2.67.